The van der Waals surface area contributed by atoms with Gasteiger partial charge >= 0.3 is 0 Å². The number of nitrogens with one attached hydrogen (secondary N) is 2. The zero-order valence-corrected chi connectivity index (χ0v) is 14.5. The largest absolute Gasteiger partial charge is 0.370 e. The van der Waals surface area contributed by atoms with Gasteiger partial charge in [-0.1, -0.05) is 27.7 Å². The molecule has 0 aliphatic heterocycles. The van der Waals surface area contributed by atoms with Crippen LogP contribution in [0.25, 0.3) is 0 Å². The molecule has 0 fully saturated rings. The summed E-state index contributed by atoms with van der Waals surface area (Å²) in [6.07, 6.45) is 3.65. The lowest BCUT2D eigenvalue weighted by Gasteiger charge is -2.29. The van der Waals surface area contributed by atoms with Gasteiger partial charge in [0.05, 0.1) is 0 Å². The molecule has 0 aliphatic carbocycles. The van der Waals surface area contributed by atoms with Gasteiger partial charge in [0, 0.05) is 25.2 Å². The summed E-state index contributed by atoms with van der Waals surface area (Å²) in [5, 5.41) is 6.89. The summed E-state index contributed by atoms with van der Waals surface area (Å²) in [6.45, 7) is 11.7. The number of anilines is 2. The van der Waals surface area contributed by atoms with E-state index in [0.717, 1.165) is 44.1 Å². The molecule has 0 atom stereocenters. The molecule has 2 N–H and O–H groups in total. The van der Waals surface area contributed by atoms with Crippen LogP contribution < -0.4 is 10.6 Å². The normalized spacial score (nSPS) is 11.8. The topological polar surface area (TPSA) is 53.1 Å². The van der Waals surface area contributed by atoms with E-state index in [-0.39, 0.29) is 5.41 Å². The molecule has 0 aliphatic rings. The molecule has 0 aromatic carbocycles. The summed E-state index contributed by atoms with van der Waals surface area (Å²) >= 11 is 0. The van der Waals surface area contributed by atoms with Crippen LogP contribution >= 0.6 is 0 Å². The molecule has 5 nitrogen and oxygen atoms in total. The van der Waals surface area contributed by atoms with Crippen molar-refractivity contribution in [3.8, 4) is 0 Å². The van der Waals surface area contributed by atoms with E-state index in [1.165, 1.54) is 5.56 Å². The van der Waals surface area contributed by atoms with Gasteiger partial charge in [0.2, 0.25) is 0 Å². The van der Waals surface area contributed by atoms with Gasteiger partial charge in [0.25, 0.3) is 0 Å². The van der Waals surface area contributed by atoms with E-state index < -0.39 is 0 Å². The average molecular weight is 293 g/mol. The molecule has 21 heavy (non-hydrogen) atoms. The average Bonchev–Trinajstić information content (AvgIpc) is 2.41. The minimum absolute atomic E-state index is 0.191. The van der Waals surface area contributed by atoms with Gasteiger partial charge in [-0.3, -0.25) is 0 Å². The summed E-state index contributed by atoms with van der Waals surface area (Å²) in [5.41, 5.74) is 1.36. The highest BCUT2D eigenvalue weighted by Crippen LogP contribution is 2.23. The van der Waals surface area contributed by atoms with E-state index in [0.29, 0.717) is 0 Å². The Morgan fingerprint density at radius 2 is 1.71 bits per heavy atom. The maximum atomic E-state index is 4.42. The zero-order chi connectivity index (χ0) is 15.9. The predicted octanol–water partition coefficient (Wildman–Crippen LogP) is 2.86. The second-order valence-electron chi connectivity index (χ2n) is 6.59. The molecule has 1 heterocycles. The maximum Gasteiger partial charge on any atom is 0.134 e. The fourth-order valence-corrected chi connectivity index (χ4v) is 2.53. The van der Waals surface area contributed by atoms with E-state index >= 15 is 0 Å². The Balaban J connectivity index is 2.78. The Morgan fingerprint density at radius 1 is 1.10 bits per heavy atom. The van der Waals surface area contributed by atoms with Gasteiger partial charge in [-0.05, 0) is 32.4 Å². The zero-order valence-electron chi connectivity index (χ0n) is 14.5. The van der Waals surface area contributed by atoms with Crippen LogP contribution in [-0.2, 0) is 6.42 Å². The van der Waals surface area contributed by atoms with Gasteiger partial charge in [-0.15, -0.1) is 0 Å². The summed E-state index contributed by atoms with van der Waals surface area (Å²) < 4.78 is 0. The molecule has 1 aromatic heterocycles. The molecule has 0 saturated heterocycles. The molecule has 0 unspecified atom stereocenters. The smallest absolute Gasteiger partial charge is 0.134 e. The van der Waals surface area contributed by atoms with Crippen molar-refractivity contribution in [3.05, 3.63) is 11.9 Å². The Labute approximate surface area is 129 Å². The van der Waals surface area contributed by atoms with Gasteiger partial charge in [-0.2, -0.15) is 0 Å². The van der Waals surface area contributed by atoms with E-state index in [1.807, 2.05) is 0 Å². The molecule has 0 radical (unpaired) electrons. The Kier molecular flexibility index (Phi) is 6.89. The highest BCUT2D eigenvalue weighted by atomic mass is 15.1. The van der Waals surface area contributed by atoms with Crippen LogP contribution in [0.15, 0.2) is 6.33 Å². The quantitative estimate of drug-likeness (QED) is 0.733. The molecule has 0 saturated carbocycles. The molecular weight excluding hydrogens is 262 g/mol. The van der Waals surface area contributed by atoms with Crippen molar-refractivity contribution in [2.45, 2.75) is 40.5 Å². The van der Waals surface area contributed by atoms with Crippen molar-refractivity contribution in [1.29, 1.82) is 0 Å². The predicted molar refractivity (Wildman–Crippen MR) is 91.0 cm³/mol. The van der Waals surface area contributed by atoms with Gasteiger partial charge in [0.15, 0.2) is 0 Å². The molecule has 1 rings (SSSR count). The lowest BCUT2D eigenvalue weighted by molar-refractivity contribution is 0.254. The van der Waals surface area contributed by atoms with Gasteiger partial charge < -0.3 is 15.5 Å². The first-order valence-electron chi connectivity index (χ1n) is 7.86. The minimum Gasteiger partial charge on any atom is -0.370 e. The summed E-state index contributed by atoms with van der Waals surface area (Å²) in [4.78, 5) is 11.0. The van der Waals surface area contributed by atoms with Crippen LogP contribution in [-0.4, -0.2) is 48.6 Å². The monoisotopic (exact) mass is 293 g/mol. The SMILES string of the molecule is CCCNc1ncnc(NCC(C)(C)CN(C)C)c1CC. The molecule has 120 valence electrons. The first-order valence-corrected chi connectivity index (χ1v) is 7.86. The number of hydrogen-bond donors (Lipinski definition) is 2. The number of rotatable bonds is 9. The van der Waals surface area contributed by atoms with Gasteiger partial charge in [-0.25, -0.2) is 9.97 Å². The first kappa shape index (κ1) is 17.7. The Bertz CT molecular complexity index is 429. The number of aromatic nitrogens is 2. The van der Waals surface area contributed by atoms with Crippen LogP contribution in [0, 0.1) is 5.41 Å². The lowest BCUT2D eigenvalue weighted by atomic mass is 9.93. The van der Waals surface area contributed by atoms with Crippen molar-refractivity contribution in [1.82, 2.24) is 14.9 Å². The molecule has 0 bridgehead atoms. The standard InChI is InChI=1S/C16H31N5/c1-7-9-17-14-13(8-2)15(20-12-19-14)18-10-16(3,4)11-21(5)6/h12H,7-11H2,1-6H3,(H2,17,18,19,20). The van der Waals surface area contributed by atoms with E-state index in [2.05, 4.69) is 67.3 Å². The molecule has 0 spiro atoms. The van der Waals surface area contributed by atoms with Crippen LogP contribution in [0.4, 0.5) is 11.6 Å². The summed E-state index contributed by atoms with van der Waals surface area (Å²) in [6, 6.07) is 0. The highest BCUT2D eigenvalue weighted by Gasteiger charge is 2.20. The van der Waals surface area contributed by atoms with Crippen LogP contribution in [0.3, 0.4) is 0 Å². The number of nitrogens with zero attached hydrogens (tertiary/aromatic N) is 3. The Hall–Kier alpha value is -1.36. The first-order chi connectivity index (χ1) is 9.89. The minimum atomic E-state index is 0.191. The third kappa shape index (κ3) is 5.87. The molecule has 5 heteroatoms. The van der Waals surface area contributed by atoms with Crippen LogP contribution in [0.5, 0.6) is 0 Å². The fraction of sp³-hybridized carbons (Fsp3) is 0.750. The fourth-order valence-electron chi connectivity index (χ4n) is 2.53. The second-order valence-corrected chi connectivity index (χ2v) is 6.59. The number of hydrogen-bond acceptors (Lipinski definition) is 5. The van der Waals surface area contributed by atoms with Crippen LogP contribution in [0.1, 0.15) is 39.7 Å². The van der Waals surface area contributed by atoms with E-state index in [9.17, 15) is 0 Å². The molecule has 1 aromatic rings. The lowest BCUT2D eigenvalue weighted by Crippen LogP contribution is -2.34. The maximum absolute atomic E-state index is 4.42. The van der Waals surface area contributed by atoms with Crippen molar-refractivity contribution in [3.63, 3.8) is 0 Å². The van der Waals surface area contributed by atoms with E-state index in [4.69, 9.17) is 0 Å². The van der Waals surface area contributed by atoms with Crippen molar-refractivity contribution in [2.75, 3.05) is 44.4 Å². The molecule has 0 amide bonds. The summed E-state index contributed by atoms with van der Waals surface area (Å²) in [5.74, 6) is 1.92. The molecular formula is C16H31N5. The third-order valence-corrected chi connectivity index (χ3v) is 3.32. The Morgan fingerprint density at radius 3 is 2.24 bits per heavy atom. The van der Waals surface area contributed by atoms with E-state index in [1.54, 1.807) is 6.33 Å². The van der Waals surface area contributed by atoms with Crippen molar-refractivity contribution < 1.29 is 0 Å². The van der Waals surface area contributed by atoms with Crippen molar-refractivity contribution >= 4 is 11.6 Å². The second kappa shape index (κ2) is 8.17. The van der Waals surface area contributed by atoms with Crippen LogP contribution in [0.2, 0.25) is 0 Å². The highest BCUT2D eigenvalue weighted by molar-refractivity contribution is 5.57. The third-order valence-electron chi connectivity index (χ3n) is 3.32. The van der Waals surface area contributed by atoms with Gasteiger partial charge in [0.1, 0.15) is 18.0 Å². The van der Waals surface area contributed by atoms with Crippen molar-refractivity contribution in [2.24, 2.45) is 5.41 Å². The summed E-state index contributed by atoms with van der Waals surface area (Å²) in [7, 11) is 4.22.